The van der Waals surface area contributed by atoms with Crippen molar-refractivity contribution >= 4 is 56.8 Å². The summed E-state index contributed by atoms with van der Waals surface area (Å²) in [6, 6.07) is 6.64. The van der Waals surface area contributed by atoms with Crippen molar-refractivity contribution in [1.29, 1.82) is 0 Å². The van der Waals surface area contributed by atoms with Crippen molar-refractivity contribution in [3.63, 3.8) is 0 Å². The molecule has 4 rings (SSSR count). The van der Waals surface area contributed by atoms with E-state index >= 15 is 0 Å². The van der Waals surface area contributed by atoms with Crippen molar-refractivity contribution in [2.45, 2.75) is 46.3 Å². The van der Waals surface area contributed by atoms with Crippen LogP contribution < -0.4 is 15.5 Å². The van der Waals surface area contributed by atoms with E-state index in [-0.39, 0.29) is 23.6 Å². The zero-order valence-corrected chi connectivity index (χ0v) is 22.8. The van der Waals surface area contributed by atoms with Crippen molar-refractivity contribution in [3.8, 4) is 10.6 Å². The third-order valence-corrected chi connectivity index (χ3v) is 6.07. The van der Waals surface area contributed by atoms with Gasteiger partial charge in [-0.2, -0.15) is 9.78 Å². The predicted octanol–water partition coefficient (Wildman–Crippen LogP) is 4.49. The van der Waals surface area contributed by atoms with Crippen molar-refractivity contribution in [2.24, 2.45) is 0 Å². The van der Waals surface area contributed by atoms with Gasteiger partial charge in [-0.25, -0.2) is 14.5 Å². The van der Waals surface area contributed by atoms with E-state index in [4.69, 9.17) is 4.74 Å². The van der Waals surface area contributed by atoms with E-state index in [1.807, 2.05) is 13.8 Å². The van der Waals surface area contributed by atoms with E-state index in [0.717, 1.165) is 16.0 Å². The summed E-state index contributed by atoms with van der Waals surface area (Å²) in [6.07, 6.45) is 2.59. The van der Waals surface area contributed by atoms with E-state index in [1.165, 1.54) is 17.3 Å². The van der Waals surface area contributed by atoms with Crippen molar-refractivity contribution in [3.05, 3.63) is 42.9 Å². The molecule has 3 heterocycles. The van der Waals surface area contributed by atoms with E-state index < -0.39 is 17.8 Å². The highest BCUT2D eigenvalue weighted by Gasteiger charge is 2.28. The average Bonchev–Trinajstić information content (AvgIpc) is 3.49. The highest BCUT2D eigenvalue weighted by atomic mass is 32.1. The SMILES string of the molecule is CC(C)NCC(=O)Nc1cncc(-c2nnc(N(C(=O)OC(C)(C)C)c3ccc4c(cnn4C(=O)O)c3)s2)c1. The topological polar surface area (TPSA) is 164 Å². The first-order chi connectivity index (χ1) is 18.4. The summed E-state index contributed by atoms with van der Waals surface area (Å²) in [5.41, 5.74) is 1.05. The van der Waals surface area contributed by atoms with Crippen molar-refractivity contribution < 1.29 is 24.2 Å². The number of pyridine rings is 1. The van der Waals surface area contributed by atoms with Gasteiger partial charge in [0.25, 0.3) is 0 Å². The Labute approximate surface area is 227 Å². The highest BCUT2D eigenvalue weighted by molar-refractivity contribution is 7.18. The van der Waals surface area contributed by atoms with Gasteiger partial charge in [-0.05, 0) is 45.0 Å². The Hall–Kier alpha value is -4.43. The molecule has 2 amide bonds. The summed E-state index contributed by atoms with van der Waals surface area (Å²) >= 11 is 1.12. The maximum Gasteiger partial charge on any atom is 0.432 e. The number of ether oxygens (including phenoxy) is 1. The van der Waals surface area contributed by atoms with Crippen molar-refractivity contribution in [2.75, 3.05) is 16.8 Å². The number of carbonyl (C=O) groups excluding carboxylic acids is 2. The maximum absolute atomic E-state index is 13.3. The molecule has 0 saturated heterocycles. The second-order valence-electron chi connectivity index (χ2n) is 9.83. The summed E-state index contributed by atoms with van der Waals surface area (Å²) in [6.45, 7) is 9.30. The number of rotatable bonds is 7. The molecule has 204 valence electrons. The number of hydrogen-bond acceptors (Lipinski definition) is 10. The summed E-state index contributed by atoms with van der Waals surface area (Å²) in [4.78, 5) is 42.4. The molecule has 0 aliphatic heterocycles. The highest BCUT2D eigenvalue weighted by Crippen LogP contribution is 2.35. The summed E-state index contributed by atoms with van der Waals surface area (Å²) in [5.74, 6) is -0.210. The molecule has 4 aromatic rings. The van der Waals surface area contributed by atoms with Gasteiger partial charge in [0.05, 0.1) is 35.8 Å². The Bertz CT molecular complexity index is 1520. The number of anilines is 3. The molecule has 0 aliphatic rings. The van der Waals surface area contributed by atoms with Gasteiger partial charge in [0.2, 0.25) is 11.0 Å². The molecule has 0 saturated carbocycles. The van der Waals surface area contributed by atoms with Crippen LogP contribution in [0.15, 0.2) is 42.9 Å². The van der Waals surface area contributed by atoms with Gasteiger partial charge in [-0.3, -0.25) is 9.78 Å². The van der Waals surface area contributed by atoms with Gasteiger partial charge in [0.15, 0.2) is 5.01 Å². The second-order valence-corrected chi connectivity index (χ2v) is 10.8. The van der Waals surface area contributed by atoms with Crippen molar-refractivity contribution in [1.82, 2.24) is 30.3 Å². The lowest BCUT2D eigenvalue weighted by molar-refractivity contribution is -0.115. The van der Waals surface area contributed by atoms with Gasteiger partial charge in [-0.15, -0.1) is 10.2 Å². The number of carbonyl (C=O) groups is 3. The minimum Gasteiger partial charge on any atom is -0.463 e. The Balaban J connectivity index is 1.66. The Morgan fingerprint density at radius 1 is 1.13 bits per heavy atom. The van der Waals surface area contributed by atoms with Crippen LogP contribution in [0.1, 0.15) is 34.6 Å². The lowest BCUT2D eigenvalue weighted by Crippen LogP contribution is -2.33. The molecule has 0 atom stereocenters. The van der Waals surface area contributed by atoms with Crippen LogP contribution in [0.25, 0.3) is 21.5 Å². The number of amides is 2. The number of hydrogen-bond donors (Lipinski definition) is 3. The van der Waals surface area contributed by atoms with Crippen LogP contribution in [0.3, 0.4) is 0 Å². The normalized spacial score (nSPS) is 11.5. The third kappa shape index (κ3) is 6.72. The van der Waals surface area contributed by atoms with Crippen LogP contribution in [0.4, 0.5) is 26.1 Å². The number of fused-ring (bicyclic) bond motifs is 1. The Morgan fingerprint density at radius 2 is 1.90 bits per heavy atom. The largest absolute Gasteiger partial charge is 0.463 e. The minimum absolute atomic E-state index is 0.158. The zero-order chi connectivity index (χ0) is 28.3. The van der Waals surface area contributed by atoms with Crippen LogP contribution in [0.5, 0.6) is 0 Å². The van der Waals surface area contributed by atoms with Crippen LogP contribution >= 0.6 is 11.3 Å². The average molecular weight is 553 g/mol. The molecule has 39 heavy (non-hydrogen) atoms. The smallest absolute Gasteiger partial charge is 0.432 e. The first-order valence-corrected chi connectivity index (χ1v) is 12.8. The van der Waals surface area contributed by atoms with Gasteiger partial charge >= 0.3 is 12.2 Å². The first-order valence-electron chi connectivity index (χ1n) is 12.0. The lowest BCUT2D eigenvalue weighted by Gasteiger charge is -2.25. The monoisotopic (exact) mass is 552 g/mol. The molecule has 0 bridgehead atoms. The minimum atomic E-state index is -1.22. The van der Waals surface area contributed by atoms with Crippen LogP contribution in [0, 0.1) is 0 Å². The van der Waals surface area contributed by atoms with E-state index in [9.17, 15) is 19.5 Å². The molecule has 0 radical (unpaired) electrons. The number of aromatic nitrogens is 5. The van der Waals surface area contributed by atoms with E-state index in [1.54, 1.807) is 51.2 Å². The molecular weight excluding hydrogens is 524 g/mol. The first kappa shape index (κ1) is 27.6. The maximum atomic E-state index is 13.3. The molecule has 0 spiro atoms. The van der Waals surface area contributed by atoms with Gasteiger partial charge in [-0.1, -0.05) is 25.2 Å². The third-order valence-electron chi connectivity index (χ3n) is 5.11. The van der Waals surface area contributed by atoms with E-state index in [2.05, 4.69) is 30.9 Å². The fourth-order valence-electron chi connectivity index (χ4n) is 3.46. The summed E-state index contributed by atoms with van der Waals surface area (Å²) in [7, 11) is 0. The molecule has 13 nitrogen and oxygen atoms in total. The van der Waals surface area contributed by atoms with Crippen LogP contribution in [-0.4, -0.2) is 66.3 Å². The molecule has 14 heteroatoms. The molecule has 0 unspecified atom stereocenters. The second kappa shape index (κ2) is 11.1. The molecule has 1 aromatic carbocycles. The van der Waals surface area contributed by atoms with Gasteiger partial charge < -0.3 is 20.5 Å². The number of nitrogens with zero attached hydrogens (tertiary/aromatic N) is 6. The molecule has 3 N–H and O–H groups in total. The lowest BCUT2D eigenvalue weighted by atomic mass is 10.2. The predicted molar refractivity (Wildman–Crippen MR) is 146 cm³/mol. The standard InChI is InChI=1S/C25H28N8O5S/c1-14(2)27-13-20(34)29-17-8-16(10-26-12-17)21-30-31-22(39-21)32(24(37)38-25(3,4)5)18-6-7-19-15(9-18)11-28-33(19)23(35)36/h6-12,14,27H,13H2,1-5H3,(H,29,34)(H,35,36). The molecule has 0 fully saturated rings. The summed E-state index contributed by atoms with van der Waals surface area (Å²) < 4.78 is 6.47. The number of nitrogens with one attached hydrogen (secondary N) is 2. The summed E-state index contributed by atoms with van der Waals surface area (Å²) in [5, 5.41) is 28.7. The quantitative estimate of drug-likeness (QED) is 0.297. The van der Waals surface area contributed by atoms with Crippen LogP contribution in [-0.2, 0) is 9.53 Å². The molecule has 0 aliphatic carbocycles. The van der Waals surface area contributed by atoms with Crippen LogP contribution in [0.2, 0.25) is 0 Å². The number of carboxylic acid groups (broad SMARTS) is 1. The molecular formula is C25H28N8O5S. The molecule has 3 aromatic heterocycles. The van der Waals surface area contributed by atoms with Gasteiger partial charge in [0.1, 0.15) is 5.60 Å². The van der Waals surface area contributed by atoms with E-state index in [0.29, 0.717) is 32.8 Å². The Morgan fingerprint density at radius 3 is 2.59 bits per heavy atom. The zero-order valence-electron chi connectivity index (χ0n) is 22.0. The fraction of sp³-hybridized carbons (Fsp3) is 0.320. The number of benzene rings is 1. The Kier molecular flexibility index (Phi) is 7.88. The van der Waals surface area contributed by atoms with Gasteiger partial charge in [0, 0.05) is 23.2 Å². The fourth-order valence-corrected chi connectivity index (χ4v) is 4.30.